The zero-order valence-corrected chi connectivity index (χ0v) is 16.5. The molecule has 0 bridgehead atoms. The van der Waals surface area contributed by atoms with Crippen LogP contribution < -0.4 is 10.2 Å². The minimum absolute atomic E-state index is 0.110. The molecule has 0 spiro atoms. The van der Waals surface area contributed by atoms with Crippen molar-refractivity contribution in [3.63, 3.8) is 0 Å². The number of aromatic nitrogens is 1. The summed E-state index contributed by atoms with van der Waals surface area (Å²) >= 11 is 1.63. The molecule has 2 aromatic rings. The highest BCUT2D eigenvalue weighted by atomic mass is 32.2. The van der Waals surface area contributed by atoms with Gasteiger partial charge in [-0.15, -0.1) is 11.8 Å². The quantitative estimate of drug-likeness (QED) is 0.824. The molecular weight excluding hydrogens is 346 g/mol. The Morgan fingerprint density at radius 2 is 1.96 bits per heavy atom. The van der Waals surface area contributed by atoms with Gasteiger partial charge < -0.3 is 15.0 Å². The van der Waals surface area contributed by atoms with E-state index in [0.29, 0.717) is 11.3 Å². The van der Waals surface area contributed by atoms with Gasteiger partial charge in [-0.2, -0.15) is 0 Å². The lowest BCUT2D eigenvalue weighted by Gasteiger charge is -2.36. The van der Waals surface area contributed by atoms with Gasteiger partial charge in [0.1, 0.15) is 5.82 Å². The van der Waals surface area contributed by atoms with Crippen molar-refractivity contribution in [1.29, 1.82) is 0 Å². The van der Waals surface area contributed by atoms with Gasteiger partial charge in [-0.25, -0.2) is 4.98 Å². The van der Waals surface area contributed by atoms with Crippen molar-refractivity contribution in [1.82, 2.24) is 4.98 Å². The topological polar surface area (TPSA) is 54.5 Å². The van der Waals surface area contributed by atoms with Crippen molar-refractivity contribution < 1.29 is 9.53 Å². The largest absolute Gasteiger partial charge is 0.372 e. The third kappa shape index (κ3) is 4.37. The number of morpholine rings is 1. The normalized spacial score (nSPS) is 20.1. The van der Waals surface area contributed by atoms with Gasteiger partial charge in [-0.1, -0.05) is 6.07 Å². The number of hydrogen-bond donors (Lipinski definition) is 1. The fraction of sp³-hybridized carbons (Fsp3) is 0.400. The molecule has 1 N–H and O–H groups in total. The maximum absolute atomic E-state index is 12.6. The van der Waals surface area contributed by atoms with Gasteiger partial charge in [0.15, 0.2) is 0 Å². The van der Waals surface area contributed by atoms with E-state index in [1.165, 1.54) is 0 Å². The smallest absolute Gasteiger partial charge is 0.256 e. The summed E-state index contributed by atoms with van der Waals surface area (Å²) in [5.41, 5.74) is 2.35. The van der Waals surface area contributed by atoms with Gasteiger partial charge in [0.2, 0.25) is 0 Å². The number of anilines is 2. The van der Waals surface area contributed by atoms with Gasteiger partial charge in [0, 0.05) is 23.5 Å². The van der Waals surface area contributed by atoms with Crippen LogP contribution in [0.4, 0.5) is 11.5 Å². The summed E-state index contributed by atoms with van der Waals surface area (Å²) in [5, 5.41) is 2.94. The summed E-state index contributed by atoms with van der Waals surface area (Å²) in [7, 11) is 0. The number of nitrogens with zero attached hydrogens (tertiary/aromatic N) is 2. The van der Waals surface area contributed by atoms with E-state index in [9.17, 15) is 4.79 Å². The second-order valence-corrected chi connectivity index (χ2v) is 7.58. The Bertz CT molecular complexity index is 769. The van der Waals surface area contributed by atoms with Crippen molar-refractivity contribution in [2.24, 2.45) is 0 Å². The standard InChI is InChI=1S/C20H25N3O2S/c1-13-5-7-17(26-4)9-18(13)20(24)22-16-6-8-19(21-10-16)23-11-14(2)25-15(3)12-23/h5-10,14-15H,11-12H2,1-4H3,(H,22,24). The highest BCUT2D eigenvalue weighted by Gasteiger charge is 2.23. The number of rotatable bonds is 4. The molecule has 1 aromatic carbocycles. The molecule has 1 saturated heterocycles. The summed E-state index contributed by atoms with van der Waals surface area (Å²) in [6.45, 7) is 7.74. The molecule has 138 valence electrons. The lowest BCUT2D eigenvalue weighted by atomic mass is 10.1. The molecule has 0 radical (unpaired) electrons. The maximum atomic E-state index is 12.6. The average Bonchev–Trinajstić information content (AvgIpc) is 2.62. The molecule has 26 heavy (non-hydrogen) atoms. The van der Waals surface area contributed by atoms with E-state index in [2.05, 4.69) is 29.0 Å². The van der Waals surface area contributed by atoms with Crippen molar-refractivity contribution in [3.8, 4) is 0 Å². The lowest BCUT2D eigenvalue weighted by Crippen LogP contribution is -2.45. The average molecular weight is 372 g/mol. The van der Waals surface area contributed by atoms with Crippen LogP contribution in [-0.4, -0.2) is 42.4 Å². The fourth-order valence-corrected chi connectivity index (χ4v) is 3.62. The number of pyridine rings is 1. The third-order valence-electron chi connectivity index (χ3n) is 4.44. The predicted octanol–water partition coefficient (Wildman–Crippen LogP) is 3.98. The van der Waals surface area contributed by atoms with Crippen LogP contribution in [0.25, 0.3) is 0 Å². The van der Waals surface area contributed by atoms with Crippen LogP contribution in [-0.2, 0) is 4.74 Å². The molecule has 0 aliphatic carbocycles. The van der Waals surface area contributed by atoms with Gasteiger partial charge >= 0.3 is 0 Å². The van der Waals surface area contributed by atoms with Crippen molar-refractivity contribution >= 4 is 29.2 Å². The number of aryl methyl sites for hydroxylation is 1. The minimum atomic E-state index is -0.110. The molecule has 1 fully saturated rings. The third-order valence-corrected chi connectivity index (χ3v) is 5.16. The Morgan fingerprint density at radius 3 is 2.58 bits per heavy atom. The number of hydrogen-bond acceptors (Lipinski definition) is 5. The molecule has 2 heterocycles. The maximum Gasteiger partial charge on any atom is 0.256 e. The summed E-state index contributed by atoms with van der Waals surface area (Å²) in [5.74, 6) is 0.798. The number of nitrogens with one attached hydrogen (secondary N) is 1. The van der Waals surface area contributed by atoms with E-state index in [4.69, 9.17) is 4.74 Å². The number of carbonyl (C=O) groups excluding carboxylic acids is 1. The number of ether oxygens (including phenoxy) is 1. The van der Waals surface area contributed by atoms with E-state index in [1.54, 1.807) is 18.0 Å². The molecule has 6 heteroatoms. The molecule has 1 aliphatic heterocycles. The molecule has 0 saturated carbocycles. The van der Waals surface area contributed by atoms with Crippen LogP contribution in [0.3, 0.4) is 0 Å². The second-order valence-electron chi connectivity index (χ2n) is 6.70. The number of amides is 1. The van der Waals surface area contributed by atoms with Crippen LogP contribution >= 0.6 is 11.8 Å². The first-order valence-electron chi connectivity index (χ1n) is 8.78. The van der Waals surface area contributed by atoms with E-state index in [1.807, 2.05) is 43.5 Å². The number of benzene rings is 1. The SMILES string of the molecule is CSc1ccc(C)c(C(=O)Nc2ccc(N3CC(C)OC(C)C3)nc2)c1. The van der Waals surface area contributed by atoms with Crippen LogP contribution in [0, 0.1) is 6.92 Å². The zero-order chi connectivity index (χ0) is 18.7. The second kappa shape index (κ2) is 8.10. The monoisotopic (exact) mass is 371 g/mol. The summed E-state index contributed by atoms with van der Waals surface area (Å²) in [6, 6.07) is 9.78. The first-order chi connectivity index (χ1) is 12.5. The molecule has 2 unspecified atom stereocenters. The Balaban J connectivity index is 1.70. The highest BCUT2D eigenvalue weighted by molar-refractivity contribution is 7.98. The van der Waals surface area contributed by atoms with Crippen LogP contribution in [0.1, 0.15) is 29.8 Å². The van der Waals surface area contributed by atoms with E-state index in [0.717, 1.165) is 29.4 Å². The molecule has 1 amide bonds. The van der Waals surface area contributed by atoms with Gasteiger partial charge in [-0.05, 0) is 56.9 Å². The fourth-order valence-electron chi connectivity index (χ4n) is 3.18. The molecular formula is C20H25N3O2S. The van der Waals surface area contributed by atoms with E-state index < -0.39 is 0 Å². The van der Waals surface area contributed by atoms with Crippen molar-refractivity contribution in [2.45, 2.75) is 37.9 Å². The molecule has 1 aromatic heterocycles. The van der Waals surface area contributed by atoms with Crippen LogP contribution in [0.2, 0.25) is 0 Å². The number of thioether (sulfide) groups is 1. The van der Waals surface area contributed by atoms with Crippen LogP contribution in [0.5, 0.6) is 0 Å². The van der Waals surface area contributed by atoms with E-state index in [-0.39, 0.29) is 18.1 Å². The number of carbonyl (C=O) groups is 1. The summed E-state index contributed by atoms with van der Waals surface area (Å²) < 4.78 is 5.77. The minimum Gasteiger partial charge on any atom is -0.372 e. The molecule has 1 aliphatic rings. The van der Waals surface area contributed by atoms with Crippen molar-refractivity contribution in [3.05, 3.63) is 47.7 Å². The van der Waals surface area contributed by atoms with Gasteiger partial charge in [-0.3, -0.25) is 4.79 Å². The Morgan fingerprint density at radius 1 is 1.23 bits per heavy atom. The first-order valence-corrected chi connectivity index (χ1v) is 10.0. The summed E-state index contributed by atoms with van der Waals surface area (Å²) in [6.07, 6.45) is 4.09. The Kier molecular flexibility index (Phi) is 5.84. The highest BCUT2D eigenvalue weighted by Crippen LogP contribution is 2.22. The van der Waals surface area contributed by atoms with Gasteiger partial charge in [0.05, 0.1) is 24.1 Å². The molecule has 5 nitrogen and oxygen atoms in total. The Labute approximate surface area is 159 Å². The van der Waals surface area contributed by atoms with Gasteiger partial charge in [0.25, 0.3) is 5.91 Å². The Hall–Kier alpha value is -2.05. The van der Waals surface area contributed by atoms with Crippen LogP contribution in [0.15, 0.2) is 41.4 Å². The predicted molar refractivity (Wildman–Crippen MR) is 107 cm³/mol. The molecule has 3 rings (SSSR count). The van der Waals surface area contributed by atoms with Crippen molar-refractivity contribution in [2.75, 3.05) is 29.6 Å². The lowest BCUT2D eigenvalue weighted by molar-refractivity contribution is -0.00545. The molecule has 2 atom stereocenters. The van der Waals surface area contributed by atoms with E-state index >= 15 is 0 Å². The zero-order valence-electron chi connectivity index (χ0n) is 15.7. The summed E-state index contributed by atoms with van der Waals surface area (Å²) in [4.78, 5) is 20.4. The first kappa shape index (κ1) is 18.7.